The second-order valence-electron chi connectivity index (χ2n) is 8.39. The fourth-order valence-corrected chi connectivity index (χ4v) is 5.09. The molecule has 1 aliphatic rings. The predicted molar refractivity (Wildman–Crippen MR) is 134 cm³/mol. The zero-order valence-electron chi connectivity index (χ0n) is 20.2. The summed E-state index contributed by atoms with van der Waals surface area (Å²) in [6.45, 7) is 1.23. The Labute approximate surface area is 215 Å². The monoisotopic (exact) mass is 525 g/mol. The number of ether oxygens (including phenoxy) is 2. The number of hydrogen-bond donors (Lipinski definition) is 1. The fraction of sp³-hybridized carbons (Fsp3) is 0.259. The van der Waals surface area contributed by atoms with Crippen LogP contribution in [-0.2, 0) is 37.2 Å². The summed E-state index contributed by atoms with van der Waals surface area (Å²) in [7, 11) is -3.59. The van der Waals surface area contributed by atoms with Crippen LogP contribution in [0.25, 0.3) is 0 Å². The summed E-state index contributed by atoms with van der Waals surface area (Å²) in [6.07, 6.45) is -0.352. The lowest BCUT2D eigenvalue weighted by molar-refractivity contribution is -0.152. The Hall–Kier alpha value is -3.89. The number of aliphatic carboxylic acids is 1. The van der Waals surface area contributed by atoms with Gasteiger partial charge in [-0.3, -0.25) is 0 Å². The van der Waals surface area contributed by atoms with Gasteiger partial charge in [-0.25, -0.2) is 18.0 Å². The lowest BCUT2D eigenvalue weighted by Crippen LogP contribution is -2.38. The van der Waals surface area contributed by atoms with Gasteiger partial charge >= 0.3 is 12.1 Å². The van der Waals surface area contributed by atoms with Crippen molar-refractivity contribution in [2.45, 2.75) is 30.9 Å². The van der Waals surface area contributed by atoms with E-state index in [1.165, 1.54) is 30.2 Å². The van der Waals surface area contributed by atoms with Gasteiger partial charge in [-0.2, -0.15) is 0 Å². The molecule has 0 saturated carbocycles. The highest BCUT2D eigenvalue weighted by Gasteiger charge is 2.35. The van der Waals surface area contributed by atoms with Gasteiger partial charge in [0, 0.05) is 12.1 Å². The first-order chi connectivity index (χ1) is 17.8. The van der Waals surface area contributed by atoms with Crippen LogP contribution in [0.1, 0.15) is 35.2 Å². The number of carboxylic acid groups (broad SMARTS) is 1. The van der Waals surface area contributed by atoms with Crippen molar-refractivity contribution in [1.82, 2.24) is 5.06 Å². The molecule has 0 spiro atoms. The molecule has 0 fully saturated rings. The maximum atomic E-state index is 12.7. The molecule has 1 unspecified atom stereocenters. The van der Waals surface area contributed by atoms with Crippen molar-refractivity contribution in [3.8, 4) is 5.75 Å². The standard InChI is InChI=1S/C27H27NO8S/c1-2-37(32,33)21-12-13-24(34-18-25(29)30)23(16-21)26-22-11-7-6-10-20(22)14-15-28(26)36-27(31)35-17-19-8-4-3-5-9-19/h3-13,16,26H,2,14-15,17-18H2,1H3,(H,29,30). The van der Waals surface area contributed by atoms with E-state index in [1.54, 1.807) is 0 Å². The first-order valence-corrected chi connectivity index (χ1v) is 13.4. The molecule has 0 amide bonds. The average molecular weight is 526 g/mol. The summed E-state index contributed by atoms with van der Waals surface area (Å²) in [5, 5.41) is 10.6. The molecule has 1 aliphatic heterocycles. The fourth-order valence-electron chi connectivity index (χ4n) is 4.17. The maximum Gasteiger partial charge on any atom is 0.528 e. The number of carbonyl (C=O) groups is 2. The van der Waals surface area contributed by atoms with Gasteiger partial charge in [0.1, 0.15) is 12.4 Å². The molecule has 3 aromatic carbocycles. The minimum atomic E-state index is -3.59. The number of carboxylic acids is 1. The SMILES string of the molecule is CCS(=O)(=O)c1ccc(OCC(=O)O)c(C2c3ccccc3CCN2OC(=O)OCc2ccccc2)c1. The first kappa shape index (κ1) is 26.2. The second-order valence-corrected chi connectivity index (χ2v) is 10.7. The highest BCUT2D eigenvalue weighted by atomic mass is 32.2. The van der Waals surface area contributed by atoms with E-state index in [4.69, 9.17) is 19.4 Å². The summed E-state index contributed by atoms with van der Waals surface area (Å²) in [4.78, 5) is 29.5. The van der Waals surface area contributed by atoms with Crippen molar-refractivity contribution in [2.75, 3.05) is 18.9 Å². The largest absolute Gasteiger partial charge is 0.528 e. The van der Waals surface area contributed by atoms with E-state index in [0.717, 1.165) is 16.7 Å². The van der Waals surface area contributed by atoms with Gasteiger partial charge in [0.2, 0.25) is 0 Å². The van der Waals surface area contributed by atoms with E-state index in [-0.39, 0.29) is 23.0 Å². The number of hydrogen-bond acceptors (Lipinski definition) is 8. The minimum Gasteiger partial charge on any atom is -0.482 e. The van der Waals surface area contributed by atoms with Crippen LogP contribution in [0, 0.1) is 0 Å². The van der Waals surface area contributed by atoms with Crippen molar-refractivity contribution in [2.24, 2.45) is 0 Å². The molecule has 37 heavy (non-hydrogen) atoms. The average Bonchev–Trinajstić information content (AvgIpc) is 2.91. The molecular formula is C27H27NO8S. The molecular weight excluding hydrogens is 498 g/mol. The molecule has 1 atom stereocenters. The van der Waals surface area contributed by atoms with Crippen molar-refractivity contribution in [1.29, 1.82) is 0 Å². The van der Waals surface area contributed by atoms with Gasteiger partial charge in [-0.05, 0) is 41.3 Å². The number of benzene rings is 3. The lowest BCUT2D eigenvalue weighted by Gasteiger charge is -2.36. The van der Waals surface area contributed by atoms with Crippen molar-refractivity contribution >= 4 is 22.0 Å². The van der Waals surface area contributed by atoms with Gasteiger partial charge in [0.05, 0.1) is 16.7 Å². The van der Waals surface area contributed by atoms with Crippen LogP contribution in [0.2, 0.25) is 0 Å². The molecule has 0 aromatic heterocycles. The van der Waals surface area contributed by atoms with E-state index in [1.807, 2.05) is 54.6 Å². The minimum absolute atomic E-state index is 0.0198. The Balaban J connectivity index is 1.71. The summed E-state index contributed by atoms with van der Waals surface area (Å²) >= 11 is 0. The van der Waals surface area contributed by atoms with Gasteiger partial charge in [-0.15, -0.1) is 5.06 Å². The molecule has 1 N–H and O–H groups in total. The second kappa shape index (κ2) is 11.4. The summed E-state index contributed by atoms with van der Waals surface area (Å²) in [5.74, 6) is -1.13. The van der Waals surface area contributed by atoms with E-state index >= 15 is 0 Å². The molecule has 194 valence electrons. The highest BCUT2D eigenvalue weighted by Crippen LogP contribution is 2.40. The Morgan fingerprint density at radius 3 is 2.46 bits per heavy atom. The van der Waals surface area contributed by atoms with Crippen molar-refractivity contribution in [3.05, 3.63) is 95.1 Å². The lowest BCUT2D eigenvalue weighted by atomic mass is 9.89. The van der Waals surface area contributed by atoms with Crippen LogP contribution in [-0.4, -0.2) is 49.6 Å². The third-order valence-electron chi connectivity index (χ3n) is 6.00. The Morgan fingerprint density at radius 1 is 1.00 bits per heavy atom. The zero-order valence-corrected chi connectivity index (χ0v) is 21.0. The highest BCUT2D eigenvalue weighted by molar-refractivity contribution is 7.91. The van der Waals surface area contributed by atoms with Gasteiger partial charge < -0.3 is 19.4 Å². The number of sulfone groups is 1. The van der Waals surface area contributed by atoms with Crippen LogP contribution in [0.4, 0.5) is 4.79 Å². The number of carbonyl (C=O) groups excluding carboxylic acids is 1. The van der Waals surface area contributed by atoms with E-state index in [9.17, 15) is 18.0 Å². The molecule has 10 heteroatoms. The topological polar surface area (TPSA) is 119 Å². The predicted octanol–water partition coefficient (Wildman–Crippen LogP) is 4.16. The Kier molecular flexibility index (Phi) is 8.10. The van der Waals surface area contributed by atoms with E-state index in [0.29, 0.717) is 18.5 Å². The molecule has 0 saturated heterocycles. The normalized spacial score (nSPS) is 15.4. The van der Waals surface area contributed by atoms with Crippen LogP contribution in [0.3, 0.4) is 0 Å². The molecule has 0 aliphatic carbocycles. The van der Waals surface area contributed by atoms with Gasteiger partial charge in [0.25, 0.3) is 0 Å². The number of hydroxylamine groups is 2. The van der Waals surface area contributed by atoms with E-state index in [2.05, 4.69) is 0 Å². The zero-order chi connectivity index (χ0) is 26.4. The third-order valence-corrected chi connectivity index (χ3v) is 7.73. The first-order valence-electron chi connectivity index (χ1n) is 11.7. The van der Waals surface area contributed by atoms with Crippen LogP contribution in [0.5, 0.6) is 5.75 Å². The van der Waals surface area contributed by atoms with Crippen LogP contribution < -0.4 is 4.74 Å². The van der Waals surface area contributed by atoms with Crippen LogP contribution >= 0.6 is 0 Å². The van der Waals surface area contributed by atoms with Gasteiger partial charge in [-0.1, -0.05) is 61.5 Å². The Bertz CT molecular complexity index is 1370. The van der Waals surface area contributed by atoms with Crippen molar-refractivity contribution in [3.63, 3.8) is 0 Å². The van der Waals surface area contributed by atoms with Crippen molar-refractivity contribution < 1.29 is 37.4 Å². The van der Waals surface area contributed by atoms with E-state index < -0.39 is 34.6 Å². The summed E-state index contributed by atoms with van der Waals surface area (Å²) in [5.41, 5.74) is 2.91. The Morgan fingerprint density at radius 2 is 1.73 bits per heavy atom. The molecule has 0 radical (unpaired) electrons. The number of fused-ring (bicyclic) bond motifs is 1. The maximum absolute atomic E-state index is 12.7. The van der Waals surface area contributed by atoms with Gasteiger partial charge in [0.15, 0.2) is 16.4 Å². The quantitative estimate of drug-likeness (QED) is 0.411. The number of rotatable bonds is 9. The molecule has 1 heterocycles. The molecule has 3 aromatic rings. The number of nitrogens with zero attached hydrogens (tertiary/aromatic N) is 1. The van der Waals surface area contributed by atoms with Crippen LogP contribution in [0.15, 0.2) is 77.7 Å². The molecule has 4 rings (SSSR count). The third kappa shape index (κ3) is 6.28. The summed E-state index contributed by atoms with van der Waals surface area (Å²) < 4.78 is 36.2. The molecule has 9 nitrogen and oxygen atoms in total. The summed E-state index contributed by atoms with van der Waals surface area (Å²) in [6, 6.07) is 20.2. The molecule has 0 bridgehead atoms. The smallest absolute Gasteiger partial charge is 0.482 e.